The normalized spacial score (nSPS) is 23.9. The van der Waals surface area contributed by atoms with Gasteiger partial charge in [0.2, 0.25) is 0 Å². The predicted octanol–water partition coefficient (Wildman–Crippen LogP) is 3.97. The van der Waals surface area contributed by atoms with Crippen molar-refractivity contribution < 1.29 is 13.5 Å². The van der Waals surface area contributed by atoms with E-state index in [1.165, 1.54) is 12.1 Å². The molecule has 2 saturated heterocycles. The van der Waals surface area contributed by atoms with Gasteiger partial charge in [-0.2, -0.15) is 4.98 Å². The summed E-state index contributed by atoms with van der Waals surface area (Å²) >= 11 is 0. The maximum atomic E-state index is 15.3. The van der Waals surface area contributed by atoms with Crippen molar-refractivity contribution in [2.75, 3.05) is 64.8 Å². The number of anilines is 1. The highest BCUT2D eigenvalue weighted by Gasteiger charge is 2.34. The van der Waals surface area contributed by atoms with Gasteiger partial charge in [-0.1, -0.05) is 0 Å². The van der Waals surface area contributed by atoms with E-state index in [4.69, 9.17) is 4.74 Å². The number of halogens is 2. The fraction of sp³-hybridized carbons (Fsp3) is 0.562. The molecule has 0 spiro atoms. The standard InChI is InChI=1S/C32H42F2N6O2/c1-20-15-26-29-30(28(20)25-9-8-23(33)16-27(25)34)42-24(7-6-10-38-13-11-36(4)12-14-38)19-40(29)32(41)35-31(26)39-18-21(2)37(5)17-22(39)3/h8-9,15-16,21-22,24H,6-7,10-14,17-19H2,1-5H3/t21-,22+,24-/m1/s1. The third-order valence-electron chi connectivity index (χ3n) is 9.43. The Bertz CT molecular complexity index is 1540. The van der Waals surface area contributed by atoms with Crippen molar-refractivity contribution in [2.45, 2.75) is 58.3 Å². The van der Waals surface area contributed by atoms with Crippen molar-refractivity contribution >= 4 is 16.7 Å². The van der Waals surface area contributed by atoms with Crippen LogP contribution < -0.4 is 15.3 Å². The minimum atomic E-state index is -0.654. The molecule has 10 heteroatoms. The maximum Gasteiger partial charge on any atom is 0.350 e. The number of nitrogens with zero attached hydrogens (tertiary/aromatic N) is 6. The second kappa shape index (κ2) is 11.5. The molecule has 3 aromatic rings. The van der Waals surface area contributed by atoms with Crippen LogP contribution in [0.3, 0.4) is 0 Å². The fourth-order valence-electron chi connectivity index (χ4n) is 6.82. The Kier molecular flexibility index (Phi) is 7.97. The molecule has 0 radical (unpaired) electrons. The van der Waals surface area contributed by atoms with E-state index < -0.39 is 11.6 Å². The summed E-state index contributed by atoms with van der Waals surface area (Å²) in [4.78, 5) is 27.7. The molecule has 226 valence electrons. The third kappa shape index (κ3) is 5.40. The first kappa shape index (κ1) is 29.0. The zero-order valence-corrected chi connectivity index (χ0v) is 25.4. The predicted molar refractivity (Wildman–Crippen MR) is 163 cm³/mol. The second-order valence-electron chi connectivity index (χ2n) is 12.6. The first-order chi connectivity index (χ1) is 20.1. The van der Waals surface area contributed by atoms with Crippen molar-refractivity contribution in [3.05, 3.63) is 51.9 Å². The second-order valence-corrected chi connectivity index (χ2v) is 12.6. The number of benzene rings is 2. The summed E-state index contributed by atoms with van der Waals surface area (Å²) in [5.74, 6) is -0.153. The molecular formula is C32H42F2N6O2. The molecule has 3 aliphatic rings. The number of hydrogen-bond donors (Lipinski definition) is 0. The minimum Gasteiger partial charge on any atom is -0.486 e. The Morgan fingerprint density at radius 2 is 1.76 bits per heavy atom. The molecule has 2 aromatic carbocycles. The van der Waals surface area contributed by atoms with Crippen LogP contribution in [0.15, 0.2) is 29.1 Å². The molecule has 6 rings (SSSR count). The van der Waals surface area contributed by atoms with Gasteiger partial charge in [-0.25, -0.2) is 13.6 Å². The van der Waals surface area contributed by atoms with Gasteiger partial charge in [0.05, 0.1) is 12.1 Å². The molecule has 0 saturated carbocycles. The van der Waals surface area contributed by atoms with Crippen LogP contribution in [0, 0.1) is 18.6 Å². The van der Waals surface area contributed by atoms with E-state index in [-0.39, 0.29) is 23.4 Å². The van der Waals surface area contributed by atoms with Crippen LogP contribution >= 0.6 is 0 Å². The number of piperazine rings is 2. The zero-order chi connectivity index (χ0) is 29.7. The molecule has 0 bridgehead atoms. The lowest BCUT2D eigenvalue weighted by Crippen LogP contribution is -2.55. The van der Waals surface area contributed by atoms with Gasteiger partial charge < -0.3 is 19.4 Å². The molecule has 3 atom stereocenters. The highest BCUT2D eigenvalue weighted by molar-refractivity contribution is 6.00. The van der Waals surface area contributed by atoms with E-state index in [1.807, 2.05) is 13.0 Å². The highest BCUT2D eigenvalue weighted by Crippen LogP contribution is 2.45. The number of rotatable bonds is 6. The first-order valence-corrected chi connectivity index (χ1v) is 15.2. The third-order valence-corrected chi connectivity index (χ3v) is 9.43. The van der Waals surface area contributed by atoms with Crippen LogP contribution in [0.4, 0.5) is 14.6 Å². The maximum absolute atomic E-state index is 15.3. The van der Waals surface area contributed by atoms with Gasteiger partial charge in [0.1, 0.15) is 23.6 Å². The van der Waals surface area contributed by atoms with Crippen LogP contribution in [0.5, 0.6) is 5.75 Å². The van der Waals surface area contributed by atoms with E-state index in [9.17, 15) is 9.18 Å². The van der Waals surface area contributed by atoms with Crippen LogP contribution in [-0.4, -0.2) is 102 Å². The summed E-state index contributed by atoms with van der Waals surface area (Å²) in [5.41, 5.74) is 1.95. The van der Waals surface area contributed by atoms with Crippen LogP contribution in [0.2, 0.25) is 0 Å². The highest BCUT2D eigenvalue weighted by atomic mass is 19.1. The molecule has 0 amide bonds. The summed E-state index contributed by atoms with van der Waals surface area (Å²) in [6.45, 7) is 13.4. The van der Waals surface area contributed by atoms with E-state index >= 15 is 4.39 Å². The van der Waals surface area contributed by atoms with E-state index in [1.54, 1.807) is 4.57 Å². The van der Waals surface area contributed by atoms with Crippen molar-refractivity contribution in [1.29, 1.82) is 0 Å². The van der Waals surface area contributed by atoms with Gasteiger partial charge >= 0.3 is 5.69 Å². The molecule has 1 aromatic heterocycles. The van der Waals surface area contributed by atoms with Crippen molar-refractivity contribution in [3.63, 3.8) is 0 Å². The molecule has 0 N–H and O–H groups in total. The lowest BCUT2D eigenvalue weighted by atomic mass is 9.94. The van der Waals surface area contributed by atoms with E-state index in [0.29, 0.717) is 35.2 Å². The van der Waals surface area contributed by atoms with Gasteiger partial charge in [0, 0.05) is 73.9 Å². The topological polar surface area (TPSA) is 57.1 Å². The lowest BCUT2D eigenvalue weighted by Gasteiger charge is -2.43. The van der Waals surface area contributed by atoms with Crippen molar-refractivity contribution in [2.24, 2.45) is 0 Å². The van der Waals surface area contributed by atoms with Crippen LogP contribution in [-0.2, 0) is 6.54 Å². The monoisotopic (exact) mass is 580 g/mol. The molecule has 2 fully saturated rings. The quantitative estimate of drug-likeness (QED) is 0.438. The molecule has 8 nitrogen and oxygen atoms in total. The Labute approximate surface area is 246 Å². The van der Waals surface area contributed by atoms with Crippen molar-refractivity contribution in [1.82, 2.24) is 24.3 Å². The summed E-state index contributed by atoms with van der Waals surface area (Å²) in [6.07, 6.45) is 1.43. The Morgan fingerprint density at radius 3 is 2.50 bits per heavy atom. The van der Waals surface area contributed by atoms with Gasteiger partial charge in [-0.15, -0.1) is 0 Å². The minimum absolute atomic E-state index is 0.154. The SMILES string of the molecule is Cc1cc2c(N3C[C@@H](C)N(C)C[C@@H]3C)nc(=O)n3c2c(c1-c1ccc(F)cc1F)O[C@H](CCCN1CCN(C)CC1)C3. The van der Waals surface area contributed by atoms with E-state index in [0.717, 1.165) is 75.7 Å². The number of aromatic nitrogens is 2. The van der Waals surface area contributed by atoms with Crippen LogP contribution in [0.25, 0.3) is 22.0 Å². The molecule has 3 aliphatic heterocycles. The zero-order valence-electron chi connectivity index (χ0n) is 25.4. The Morgan fingerprint density at radius 1 is 1.00 bits per heavy atom. The smallest absolute Gasteiger partial charge is 0.350 e. The fourth-order valence-corrected chi connectivity index (χ4v) is 6.82. The number of aryl methyl sites for hydroxylation is 1. The lowest BCUT2D eigenvalue weighted by molar-refractivity contribution is 0.129. The van der Waals surface area contributed by atoms with Gasteiger partial charge in [-0.3, -0.25) is 9.47 Å². The molecule has 42 heavy (non-hydrogen) atoms. The van der Waals surface area contributed by atoms with E-state index in [2.05, 4.69) is 52.5 Å². The first-order valence-electron chi connectivity index (χ1n) is 15.2. The number of hydrogen-bond acceptors (Lipinski definition) is 7. The molecular weight excluding hydrogens is 538 g/mol. The molecule has 0 unspecified atom stereocenters. The van der Waals surface area contributed by atoms with Gasteiger partial charge in [0.15, 0.2) is 5.75 Å². The largest absolute Gasteiger partial charge is 0.486 e. The summed E-state index contributed by atoms with van der Waals surface area (Å²) in [5, 5.41) is 0.827. The summed E-state index contributed by atoms with van der Waals surface area (Å²) in [6, 6.07) is 6.07. The Balaban J connectivity index is 1.42. The van der Waals surface area contributed by atoms with Gasteiger partial charge in [-0.05, 0) is 78.0 Å². The Hall–Kier alpha value is -3.08. The van der Waals surface area contributed by atoms with Crippen molar-refractivity contribution in [3.8, 4) is 16.9 Å². The summed E-state index contributed by atoms with van der Waals surface area (Å²) < 4.78 is 37.6. The summed E-state index contributed by atoms with van der Waals surface area (Å²) in [7, 11) is 4.26. The van der Waals surface area contributed by atoms with Gasteiger partial charge in [0.25, 0.3) is 0 Å². The average molecular weight is 581 g/mol. The molecule has 0 aliphatic carbocycles. The number of ether oxygens (including phenoxy) is 1. The average Bonchev–Trinajstić information content (AvgIpc) is 2.94. The van der Waals surface area contributed by atoms with Crippen LogP contribution in [0.1, 0.15) is 32.3 Å². The molecule has 4 heterocycles. The number of likely N-dealkylation sites (N-methyl/N-ethyl adjacent to an activating group) is 2.